The Labute approximate surface area is 160 Å². The smallest absolute Gasteiger partial charge is 0.251 e. The molecule has 0 spiro atoms. The SMILES string of the molecule is CSCCC(NC(=O)c1ccccc1)C(=O)NC(CN)C1CCCCC1. The Morgan fingerprint density at radius 1 is 1.15 bits per heavy atom. The van der Waals surface area contributed by atoms with Gasteiger partial charge in [0.05, 0.1) is 0 Å². The molecule has 1 aliphatic carbocycles. The van der Waals surface area contributed by atoms with Gasteiger partial charge in [0.25, 0.3) is 5.91 Å². The zero-order valence-electron chi connectivity index (χ0n) is 15.6. The molecule has 5 nitrogen and oxygen atoms in total. The third-order valence-corrected chi connectivity index (χ3v) is 5.71. The molecule has 0 saturated heterocycles. The number of rotatable bonds is 9. The molecule has 4 N–H and O–H groups in total. The van der Waals surface area contributed by atoms with E-state index in [1.807, 2.05) is 24.5 Å². The van der Waals surface area contributed by atoms with Gasteiger partial charge < -0.3 is 16.4 Å². The molecule has 0 aromatic heterocycles. The minimum absolute atomic E-state index is 0.00629. The van der Waals surface area contributed by atoms with Gasteiger partial charge in [-0.05, 0) is 49.3 Å². The van der Waals surface area contributed by atoms with Crippen molar-refractivity contribution >= 4 is 23.6 Å². The van der Waals surface area contributed by atoms with Crippen molar-refractivity contribution in [2.75, 3.05) is 18.6 Å². The van der Waals surface area contributed by atoms with Gasteiger partial charge in [0.1, 0.15) is 6.04 Å². The summed E-state index contributed by atoms with van der Waals surface area (Å²) >= 11 is 1.67. The van der Waals surface area contributed by atoms with Crippen molar-refractivity contribution < 1.29 is 9.59 Å². The maximum Gasteiger partial charge on any atom is 0.251 e. The van der Waals surface area contributed by atoms with Gasteiger partial charge in [-0.15, -0.1) is 0 Å². The first-order valence-corrected chi connectivity index (χ1v) is 10.9. The molecule has 1 saturated carbocycles. The average molecular weight is 378 g/mol. The summed E-state index contributed by atoms with van der Waals surface area (Å²) in [6, 6.07) is 8.47. The Hall–Kier alpha value is -1.53. The van der Waals surface area contributed by atoms with E-state index in [9.17, 15) is 9.59 Å². The fourth-order valence-electron chi connectivity index (χ4n) is 3.52. The molecule has 2 unspecified atom stereocenters. The van der Waals surface area contributed by atoms with Gasteiger partial charge in [0.15, 0.2) is 0 Å². The molecule has 2 amide bonds. The van der Waals surface area contributed by atoms with Crippen LogP contribution < -0.4 is 16.4 Å². The van der Waals surface area contributed by atoms with Crippen LogP contribution in [0.15, 0.2) is 30.3 Å². The lowest BCUT2D eigenvalue weighted by molar-refractivity contribution is -0.124. The Morgan fingerprint density at radius 2 is 1.85 bits per heavy atom. The zero-order chi connectivity index (χ0) is 18.8. The first-order valence-electron chi connectivity index (χ1n) is 9.51. The van der Waals surface area contributed by atoms with Crippen LogP contribution in [0.5, 0.6) is 0 Å². The quantitative estimate of drug-likeness (QED) is 0.617. The molecule has 0 radical (unpaired) electrons. The molecule has 1 fully saturated rings. The molecule has 144 valence electrons. The van der Waals surface area contributed by atoms with Gasteiger partial charge in [-0.2, -0.15) is 11.8 Å². The highest BCUT2D eigenvalue weighted by atomic mass is 32.2. The third-order valence-electron chi connectivity index (χ3n) is 5.07. The van der Waals surface area contributed by atoms with Gasteiger partial charge in [-0.1, -0.05) is 37.5 Å². The Bertz CT molecular complexity index is 561. The zero-order valence-corrected chi connectivity index (χ0v) is 16.4. The lowest BCUT2D eigenvalue weighted by atomic mass is 9.84. The van der Waals surface area contributed by atoms with Crippen LogP contribution in [-0.4, -0.2) is 42.5 Å². The first-order chi connectivity index (χ1) is 12.7. The van der Waals surface area contributed by atoms with Gasteiger partial charge >= 0.3 is 0 Å². The van der Waals surface area contributed by atoms with E-state index >= 15 is 0 Å². The van der Waals surface area contributed by atoms with Gasteiger partial charge in [-0.25, -0.2) is 0 Å². The van der Waals surface area contributed by atoms with Crippen LogP contribution in [-0.2, 0) is 4.79 Å². The highest BCUT2D eigenvalue weighted by Gasteiger charge is 2.28. The molecule has 26 heavy (non-hydrogen) atoms. The highest BCUT2D eigenvalue weighted by molar-refractivity contribution is 7.98. The summed E-state index contributed by atoms with van der Waals surface area (Å²) in [5, 5.41) is 6.01. The van der Waals surface area contributed by atoms with E-state index in [-0.39, 0.29) is 17.9 Å². The molecule has 1 aromatic carbocycles. The fraction of sp³-hybridized carbons (Fsp3) is 0.600. The van der Waals surface area contributed by atoms with Crippen LogP contribution >= 0.6 is 11.8 Å². The van der Waals surface area contributed by atoms with E-state index in [2.05, 4.69) is 10.6 Å². The number of hydrogen-bond acceptors (Lipinski definition) is 4. The first kappa shape index (κ1) is 20.8. The topological polar surface area (TPSA) is 84.2 Å². The molecule has 6 heteroatoms. The summed E-state index contributed by atoms with van der Waals surface area (Å²) in [7, 11) is 0. The number of carbonyl (C=O) groups is 2. The maximum absolute atomic E-state index is 12.8. The number of nitrogens with two attached hydrogens (primary N) is 1. The number of carbonyl (C=O) groups excluding carboxylic acids is 2. The number of hydrogen-bond donors (Lipinski definition) is 3. The second-order valence-corrected chi connectivity index (χ2v) is 7.91. The van der Waals surface area contributed by atoms with Crippen molar-refractivity contribution in [2.45, 2.75) is 50.6 Å². The van der Waals surface area contributed by atoms with Crippen molar-refractivity contribution in [3.8, 4) is 0 Å². The fourth-order valence-corrected chi connectivity index (χ4v) is 4.00. The predicted molar refractivity (Wildman–Crippen MR) is 108 cm³/mol. The van der Waals surface area contributed by atoms with Crippen molar-refractivity contribution in [3.05, 3.63) is 35.9 Å². The lowest BCUT2D eigenvalue weighted by Crippen LogP contribution is -2.53. The van der Waals surface area contributed by atoms with Crippen molar-refractivity contribution in [1.82, 2.24) is 10.6 Å². The van der Waals surface area contributed by atoms with Gasteiger partial charge in [0, 0.05) is 18.2 Å². The van der Waals surface area contributed by atoms with Crippen LogP contribution in [0.25, 0.3) is 0 Å². The number of thioether (sulfide) groups is 1. The molecule has 0 aliphatic heterocycles. The number of amides is 2. The largest absolute Gasteiger partial charge is 0.350 e. The normalized spacial score (nSPS) is 17.3. The van der Waals surface area contributed by atoms with Crippen LogP contribution in [0, 0.1) is 5.92 Å². The monoisotopic (exact) mass is 377 g/mol. The molecule has 1 aliphatic rings. The van der Waals surface area contributed by atoms with Gasteiger partial charge in [0.2, 0.25) is 5.91 Å². The second kappa shape index (κ2) is 11.2. The average Bonchev–Trinajstić information content (AvgIpc) is 2.70. The molecular weight excluding hydrogens is 346 g/mol. The lowest BCUT2D eigenvalue weighted by Gasteiger charge is -2.31. The van der Waals surface area contributed by atoms with Crippen LogP contribution in [0.3, 0.4) is 0 Å². The molecule has 2 atom stereocenters. The predicted octanol–water partition coefficient (Wildman–Crippen LogP) is 2.56. The van der Waals surface area contributed by atoms with Crippen LogP contribution in [0.1, 0.15) is 48.9 Å². The standard InChI is InChI=1S/C20H31N3O2S/c1-26-13-12-17(22-19(24)16-10-6-3-7-11-16)20(25)23-18(14-21)15-8-4-2-5-9-15/h3,6-7,10-11,15,17-18H,2,4-5,8-9,12-14,21H2,1H3,(H,22,24)(H,23,25). The van der Waals surface area contributed by atoms with Crippen molar-refractivity contribution in [1.29, 1.82) is 0 Å². The third kappa shape index (κ3) is 6.32. The molecule has 0 bridgehead atoms. The number of nitrogens with one attached hydrogen (secondary N) is 2. The summed E-state index contributed by atoms with van der Waals surface area (Å²) in [5.41, 5.74) is 6.51. The Balaban J connectivity index is 1.99. The van der Waals surface area contributed by atoms with E-state index in [1.165, 1.54) is 19.3 Å². The highest BCUT2D eigenvalue weighted by Crippen LogP contribution is 2.26. The van der Waals surface area contributed by atoms with Crippen molar-refractivity contribution in [3.63, 3.8) is 0 Å². The van der Waals surface area contributed by atoms with E-state index in [0.717, 1.165) is 18.6 Å². The van der Waals surface area contributed by atoms with E-state index < -0.39 is 6.04 Å². The molecule has 0 heterocycles. The molecule has 2 rings (SSSR count). The minimum atomic E-state index is -0.534. The van der Waals surface area contributed by atoms with Crippen LogP contribution in [0.2, 0.25) is 0 Å². The van der Waals surface area contributed by atoms with E-state index in [4.69, 9.17) is 5.73 Å². The summed E-state index contributed by atoms with van der Waals surface area (Å²) in [6.07, 6.45) is 8.52. The summed E-state index contributed by atoms with van der Waals surface area (Å²) in [5.74, 6) is 0.922. The summed E-state index contributed by atoms with van der Waals surface area (Å²) < 4.78 is 0. The maximum atomic E-state index is 12.8. The minimum Gasteiger partial charge on any atom is -0.350 e. The molecular formula is C20H31N3O2S. The number of benzene rings is 1. The Kier molecular flexibility index (Phi) is 8.98. The summed E-state index contributed by atoms with van der Waals surface area (Å²) in [4.78, 5) is 25.3. The summed E-state index contributed by atoms with van der Waals surface area (Å²) in [6.45, 7) is 0.443. The second-order valence-electron chi connectivity index (χ2n) is 6.92. The van der Waals surface area contributed by atoms with E-state index in [1.54, 1.807) is 23.9 Å². The van der Waals surface area contributed by atoms with Crippen LogP contribution in [0.4, 0.5) is 0 Å². The van der Waals surface area contributed by atoms with Gasteiger partial charge in [-0.3, -0.25) is 9.59 Å². The van der Waals surface area contributed by atoms with Crippen molar-refractivity contribution in [2.24, 2.45) is 11.7 Å². The van der Waals surface area contributed by atoms with E-state index in [0.29, 0.717) is 24.4 Å². The molecule has 1 aromatic rings. The Morgan fingerprint density at radius 3 is 2.46 bits per heavy atom.